The van der Waals surface area contributed by atoms with Crippen LogP contribution < -0.4 is 10.5 Å². The van der Waals surface area contributed by atoms with E-state index in [1.165, 1.54) is 0 Å². The van der Waals surface area contributed by atoms with E-state index in [-0.39, 0.29) is 6.04 Å². The summed E-state index contributed by atoms with van der Waals surface area (Å²) in [7, 11) is 1.64. The molecule has 1 unspecified atom stereocenters. The molecule has 0 fully saturated rings. The molecule has 3 nitrogen and oxygen atoms in total. The molecule has 0 amide bonds. The number of pyridine rings is 1. The number of aromatic nitrogens is 1. The summed E-state index contributed by atoms with van der Waals surface area (Å²) in [5, 5.41) is 0. The van der Waals surface area contributed by atoms with Gasteiger partial charge in [-0.3, -0.25) is 4.98 Å². The van der Waals surface area contributed by atoms with Crippen molar-refractivity contribution in [1.82, 2.24) is 4.98 Å². The SMILES string of the molecule is COc1ccc(C(N)c2cncc(C)c2)cc1Br. The zero-order chi connectivity index (χ0) is 13.1. The Morgan fingerprint density at radius 3 is 2.61 bits per heavy atom. The van der Waals surface area contributed by atoms with Gasteiger partial charge in [0.1, 0.15) is 5.75 Å². The van der Waals surface area contributed by atoms with Gasteiger partial charge in [-0.05, 0) is 51.7 Å². The summed E-state index contributed by atoms with van der Waals surface area (Å²) in [6.07, 6.45) is 3.62. The summed E-state index contributed by atoms with van der Waals surface area (Å²) in [4.78, 5) is 4.17. The highest BCUT2D eigenvalue weighted by atomic mass is 79.9. The summed E-state index contributed by atoms with van der Waals surface area (Å²) in [5.41, 5.74) is 9.38. The van der Waals surface area contributed by atoms with Gasteiger partial charge in [0.15, 0.2) is 0 Å². The maximum Gasteiger partial charge on any atom is 0.133 e. The van der Waals surface area contributed by atoms with Gasteiger partial charge in [0, 0.05) is 12.4 Å². The summed E-state index contributed by atoms with van der Waals surface area (Å²) in [6.45, 7) is 2.01. The minimum absolute atomic E-state index is 0.181. The van der Waals surface area contributed by atoms with E-state index in [0.29, 0.717) is 0 Å². The maximum atomic E-state index is 6.24. The van der Waals surface area contributed by atoms with Crippen LogP contribution >= 0.6 is 15.9 Å². The topological polar surface area (TPSA) is 48.1 Å². The van der Waals surface area contributed by atoms with Gasteiger partial charge in [0.05, 0.1) is 17.6 Å². The van der Waals surface area contributed by atoms with Crippen molar-refractivity contribution >= 4 is 15.9 Å². The van der Waals surface area contributed by atoms with Crippen LogP contribution in [0.2, 0.25) is 0 Å². The molecule has 1 aromatic heterocycles. The first-order valence-corrected chi connectivity index (χ1v) is 6.41. The molecule has 0 saturated heterocycles. The van der Waals surface area contributed by atoms with Gasteiger partial charge >= 0.3 is 0 Å². The lowest BCUT2D eigenvalue weighted by atomic mass is 10.0. The normalized spacial score (nSPS) is 12.2. The number of nitrogens with zero attached hydrogens (tertiary/aromatic N) is 1. The Labute approximate surface area is 115 Å². The van der Waals surface area contributed by atoms with E-state index in [0.717, 1.165) is 26.9 Å². The molecule has 18 heavy (non-hydrogen) atoms. The average Bonchev–Trinajstić information content (AvgIpc) is 2.37. The van der Waals surface area contributed by atoms with E-state index in [1.54, 1.807) is 13.3 Å². The first kappa shape index (κ1) is 13.1. The van der Waals surface area contributed by atoms with Crippen molar-refractivity contribution in [3.63, 3.8) is 0 Å². The number of benzene rings is 1. The molecule has 1 heterocycles. The zero-order valence-electron chi connectivity index (χ0n) is 10.4. The number of rotatable bonds is 3. The molecule has 0 spiro atoms. The minimum atomic E-state index is -0.181. The first-order valence-electron chi connectivity index (χ1n) is 5.62. The highest BCUT2D eigenvalue weighted by Gasteiger charge is 2.11. The van der Waals surface area contributed by atoms with Crippen LogP contribution in [0.3, 0.4) is 0 Å². The van der Waals surface area contributed by atoms with E-state index in [4.69, 9.17) is 10.5 Å². The van der Waals surface area contributed by atoms with Crippen molar-refractivity contribution in [2.24, 2.45) is 5.73 Å². The van der Waals surface area contributed by atoms with Crippen LogP contribution in [0.15, 0.2) is 41.1 Å². The third-order valence-electron chi connectivity index (χ3n) is 2.79. The van der Waals surface area contributed by atoms with Crippen LogP contribution in [-0.4, -0.2) is 12.1 Å². The molecule has 1 atom stereocenters. The quantitative estimate of drug-likeness (QED) is 0.947. The molecule has 0 aliphatic rings. The van der Waals surface area contributed by atoms with Crippen LogP contribution in [0.4, 0.5) is 0 Å². The molecule has 0 radical (unpaired) electrons. The summed E-state index contributed by atoms with van der Waals surface area (Å²) >= 11 is 3.47. The lowest BCUT2D eigenvalue weighted by Crippen LogP contribution is -2.12. The van der Waals surface area contributed by atoms with Gasteiger partial charge < -0.3 is 10.5 Å². The molecule has 0 aliphatic carbocycles. The second kappa shape index (κ2) is 5.50. The summed E-state index contributed by atoms with van der Waals surface area (Å²) in [6, 6.07) is 7.72. The molecule has 2 rings (SSSR count). The van der Waals surface area contributed by atoms with Crippen LogP contribution in [-0.2, 0) is 0 Å². The van der Waals surface area contributed by atoms with Crippen molar-refractivity contribution in [2.75, 3.05) is 7.11 Å². The smallest absolute Gasteiger partial charge is 0.133 e. The predicted octanol–water partition coefficient (Wildman–Crippen LogP) is 3.21. The fourth-order valence-electron chi connectivity index (χ4n) is 1.82. The number of aryl methyl sites for hydroxylation is 1. The predicted molar refractivity (Wildman–Crippen MR) is 75.7 cm³/mol. The lowest BCUT2D eigenvalue weighted by molar-refractivity contribution is 0.412. The Bertz CT molecular complexity index is 557. The number of hydrogen-bond donors (Lipinski definition) is 1. The van der Waals surface area contributed by atoms with Gasteiger partial charge in [-0.1, -0.05) is 12.1 Å². The molecule has 4 heteroatoms. The van der Waals surface area contributed by atoms with Crippen molar-refractivity contribution in [3.8, 4) is 5.75 Å². The molecular weight excluding hydrogens is 292 g/mol. The van der Waals surface area contributed by atoms with Crippen LogP contribution in [0, 0.1) is 6.92 Å². The van der Waals surface area contributed by atoms with Crippen LogP contribution in [0.25, 0.3) is 0 Å². The highest BCUT2D eigenvalue weighted by Crippen LogP contribution is 2.29. The second-order valence-electron chi connectivity index (χ2n) is 4.17. The average molecular weight is 307 g/mol. The Morgan fingerprint density at radius 1 is 1.22 bits per heavy atom. The fraction of sp³-hybridized carbons (Fsp3) is 0.214. The largest absolute Gasteiger partial charge is 0.496 e. The monoisotopic (exact) mass is 306 g/mol. The molecule has 94 valence electrons. The molecule has 0 bridgehead atoms. The second-order valence-corrected chi connectivity index (χ2v) is 5.02. The van der Waals surface area contributed by atoms with E-state index in [1.807, 2.05) is 31.3 Å². The van der Waals surface area contributed by atoms with Crippen LogP contribution in [0.1, 0.15) is 22.7 Å². The number of halogens is 1. The molecule has 0 saturated carbocycles. The fourth-order valence-corrected chi connectivity index (χ4v) is 2.38. The zero-order valence-corrected chi connectivity index (χ0v) is 11.9. The summed E-state index contributed by atoms with van der Waals surface area (Å²) in [5.74, 6) is 0.799. The lowest BCUT2D eigenvalue weighted by Gasteiger charge is -2.14. The Morgan fingerprint density at radius 2 is 2.00 bits per heavy atom. The van der Waals surface area contributed by atoms with Crippen molar-refractivity contribution in [1.29, 1.82) is 0 Å². The molecular formula is C14H15BrN2O. The molecule has 2 aromatic rings. The number of hydrogen-bond acceptors (Lipinski definition) is 3. The Balaban J connectivity index is 2.34. The minimum Gasteiger partial charge on any atom is -0.496 e. The van der Waals surface area contributed by atoms with Gasteiger partial charge in [-0.25, -0.2) is 0 Å². The van der Waals surface area contributed by atoms with E-state index in [9.17, 15) is 0 Å². The summed E-state index contributed by atoms with van der Waals surface area (Å²) < 4.78 is 6.11. The van der Waals surface area contributed by atoms with Gasteiger partial charge in [-0.2, -0.15) is 0 Å². The standard InChI is InChI=1S/C14H15BrN2O/c1-9-5-11(8-17-7-9)14(16)10-3-4-13(18-2)12(15)6-10/h3-8,14H,16H2,1-2H3. The van der Waals surface area contributed by atoms with Gasteiger partial charge in [-0.15, -0.1) is 0 Å². The molecule has 1 aromatic carbocycles. The van der Waals surface area contributed by atoms with Crippen molar-refractivity contribution in [2.45, 2.75) is 13.0 Å². The van der Waals surface area contributed by atoms with E-state index in [2.05, 4.69) is 27.0 Å². The van der Waals surface area contributed by atoms with Gasteiger partial charge in [0.25, 0.3) is 0 Å². The maximum absolute atomic E-state index is 6.24. The van der Waals surface area contributed by atoms with Gasteiger partial charge in [0.2, 0.25) is 0 Å². The van der Waals surface area contributed by atoms with Crippen LogP contribution in [0.5, 0.6) is 5.75 Å². The highest BCUT2D eigenvalue weighted by molar-refractivity contribution is 9.10. The third-order valence-corrected chi connectivity index (χ3v) is 3.41. The third kappa shape index (κ3) is 2.71. The number of ether oxygens (including phenoxy) is 1. The van der Waals surface area contributed by atoms with E-state index >= 15 is 0 Å². The molecule has 2 N–H and O–H groups in total. The van der Waals surface area contributed by atoms with Crippen molar-refractivity contribution < 1.29 is 4.74 Å². The number of methoxy groups -OCH3 is 1. The number of nitrogens with two attached hydrogens (primary N) is 1. The molecule has 0 aliphatic heterocycles. The van der Waals surface area contributed by atoms with E-state index < -0.39 is 0 Å². The van der Waals surface area contributed by atoms with Crippen molar-refractivity contribution in [3.05, 3.63) is 57.8 Å². The Hall–Kier alpha value is -1.39. The first-order chi connectivity index (χ1) is 8.61. The Kier molecular flexibility index (Phi) is 3.99.